The Balaban J connectivity index is 1.42. The van der Waals surface area contributed by atoms with Crippen molar-refractivity contribution < 1.29 is 23.9 Å². The number of para-hydroxylation sites is 1. The number of fused-ring (bicyclic) bond motifs is 1. The molecule has 1 atom stereocenters. The summed E-state index contributed by atoms with van der Waals surface area (Å²) in [6.45, 7) is 2.11. The van der Waals surface area contributed by atoms with Gasteiger partial charge in [-0.25, -0.2) is 4.79 Å². The van der Waals surface area contributed by atoms with E-state index in [0.29, 0.717) is 12.2 Å². The molecule has 1 fully saturated rings. The van der Waals surface area contributed by atoms with Gasteiger partial charge in [-0.1, -0.05) is 18.2 Å². The van der Waals surface area contributed by atoms with Crippen LogP contribution in [-0.2, 0) is 25.5 Å². The zero-order valence-electron chi connectivity index (χ0n) is 16.0. The Hall–Kier alpha value is -3.48. The molecule has 3 amide bonds. The van der Waals surface area contributed by atoms with Crippen LogP contribution in [0.1, 0.15) is 35.7 Å². The third-order valence-corrected chi connectivity index (χ3v) is 5.20. The lowest BCUT2D eigenvalue weighted by Crippen LogP contribution is -2.39. The molecule has 0 saturated carbocycles. The lowest BCUT2D eigenvalue weighted by atomic mass is 10.2. The second kappa shape index (κ2) is 7.50. The molecule has 2 aliphatic rings. The molecule has 7 nitrogen and oxygen atoms in total. The van der Waals surface area contributed by atoms with Gasteiger partial charge in [-0.3, -0.25) is 19.3 Å². The highest BCUT2D eigenvalue weighted by Gasteiger charge is 2.31. The van der Waals surface area contributed by atoms with E-state index < -0.39 is 12.1 Å². The van der Waals surface area contributed by atoms with Crippen molar-refractivity contribution in [3.63, 3.8) is 0 Å². The van der Waals surface area contributed by atoms with Crippen LogP contribution in [0.25, 0.3) is 0 Å². The van der Waals surface area contributed by atoms with Crippen LogP contribution in [0.3, 0.4) is 0 Å². The molecule has 0 bridgehead atoms. The fourth-order valence-corrected chi connectivity index (χ4v) is 3.68. The first kappa shape index (κ1) is 18.9. The summed E-state index contributed by atoms with van der Waals surface area (Å²) in [7, 11) is 0. The van der Waals surface area contributed by atoms with Crippen LogP contribution in [0.2, 0.25) is 0 Å². The van der Waals surface area contributed by atoms with Gasteiger partial charge in [0.2, 0.25) is 11.8 Å². The molecule has 2 aromatic rings. The van der Waals surface area contributed by atoms with Gasteiger partial charge in [0.25, 0.3) is 5.91 Å². The Labute approximate surface area is 167 Å². The van der Waals surface area contributed by atoms with Crippen LogP contribution in [0, 0.1) is 0 Å². The van der Waals surface area contributed by atoms with Gasteiger partial charge in [-0.15, -0.1) is 0 Å². The normalized spacial score (nSPS) is 16.7. The Morgan fingerprint density at radius 3 is 2.28 bits per heavy atom. The molecule has 1 unspecified atom stereocenters. The number of rotatable bonds is 4. The minimum absolute atomic E-state index is 0.196. The maximum absolute atomic E-state index is 12.7. The van der Waals surface area contributed by atoms with E-state index in [9.17, 15) is 19.2 Å². The summed E-state index contributed by atoms with van der Waals surface area (Å²) in [5.41, 5.74) is 2.62. The minimum Gasteiger partial charge on any atom is -0.449 e. The van der Waals surface area contributed by atoms with E-state index in [-0.39, 0.29) is 36.1 Å². The lowest BCUT2D eigenvalue weighted by molar-refractivity contribution is -0.126. The number of hydrogen-bond acceptors (Lipinski definition) is 5. The number of benzene rings is 2. The molecule has 0 spiro atoms. The quantitative estimate of drug-likeness (QED) is 0.590. The van der Waals surface area contributed by atoms with Gasteiger partial charge in [-0.2, -0.15) is 0 Å². The van der Waals surface area contributed by atoms with Crippen molar-refractivity contribution in [2.45, 2.75) is 32.3 Å². The predicted molar refractivity (Wildman–Crippen MR) is 106 cm³/mol. The highest BCUT2D eigenvalue weighted by molar-refractivity contribution is 6.19. The number of carbonyl (C=O) groups is 4. The van der Waals surface area contributed by atoms with Gasteiger partial charge < -0.3 is 9.64 Å². The van der Waals surface area contributed by atoms with Crippen LogP contribution < -0.4 is 9.80 Å². The molecule has 7 heteroatoms. The molecule has 1 saturated heterocycles. The minimum atomic E-state index is -0.935. The highest BCUT2D eigenvalue weighted by Crippen LogP contribution is 2.28. The molecule has 2 aromatic carbocycles. The summed E-state index contributed by atoms with van der Waals surface area (Å²) in [5.74, 6) is -1.41. The third-order valence-electron chi connectivity index (χ3n) is 5.20. The van der Waals surface area contributed by atoms with Crippen molar-refractivity contribution >= 4 is 35.1 Å². The summed E-state index contributed by atoms with van der Waals surface area (Å²) in [6.07, 6.45) is 0.233. The van der Waals surface area contributed by atoms with Crippen LogP contribution in [-0.4, -0.2) is 36.3 Å². The van der Waals surface area contributed by atoms with Crippen molar-refractivity contribution in [2.24, 2.45) is 0 Å². The second-order valence-electron chi connectivity index (χ2n) is 7.09. The molecule has 29 heavy (non-hydrogen) atoms. The number of carbonyl (C=O) groups excluding carboxylic acids is 4. The summed E-state index contributed by atoms with van der Waals surface area (Å²) >= 11 is 0. The SMILES string of the molecule is CC(OC(=O)c1ccc(N2C(=O)CCC2=O)cc1)C(=O)N1CCc2ccccc21. The zero-order chi connectivity index (χ0) is 20.5. The van der Waals surface area contributed by atoms with Crippen molar-refractivity contribution in [1.29, 1.82) is 0 Å². The first-order valence-corrected chi connectivity index (χ1v) is 9.52. The van der Waals surface area contributed by atoms with Crippen molar-refractivity contribution in [2.75, 3.05) is 16.3 Å². The number of nitrogens with zero attached hydrogens (tertiary/aromatic N) is 2. The Morgan fingerprint density at radius 1 is 0.931 bits per heavy atom. The fraction of sp³-hybridized carbons (Fsp3) is 0.273. The second-order valence-corrected chi connectivity index (χ2v) is 7.09. The van der Waals surface area contributed by atoms with E-state index in [1.165, 1.54) is 24.3 Å². The van der Waals surface area contributed by atoms with Crippen molar-refractivity contribution in [1.82, 2.24) is 0 Å². The summed E-state index contributed by atoms with van der Waals surface area (Å²) in [5, 5.41) is 0. The number of imide groups is 1. The molecule has 2 heterocycles. The van der Waals surface area contributed by atoms with Crippen LogP contribution in [0.4, 0.5) is 11.4 Å². The number of hydrogen-bond donors (Lipinski definition) is 0. The first-order valence-electron chi connectivity index (χ1n) is 9.52. The molecule has 148 valence electrons. The van der Waals surface area contributed by atoms with Gasteiger partial charge in [0.1, 0.15) is 0 Å². The molecular weight excluding hydrogens is 372 g/mol. The molecule has 0 radical (unpaired) electrons. The van der Waals surface area contributed by atoms with E-state index in [1.807, 2.05) is 24.3 Å². The maximum Gasteiger partial charge on any atom is 0.338 e. The number of amides is 3. The van der Waals surface area contributed by atoms with Crippen LogP contribution >= 0.6 is 0 Å². The monoisotopic (exact) mass is 392 g/mol. The number of anilines is 2. The van der Waals surface area contributed by atoms with E-state index >= 15 is 0 Å². The fourth-order valence-electron chi connectivity index (χ4n) is 3.68. The smallest absolute Gasteiger partial charge is 0.338 e. The van der Waals surface area contributed by atoms with Gasteiger partial charge in [0.05, 0.1) is 11.3 Å². The molecule has 2 aliphatic heterocycles. The third kappa shape index (κ3) is 3.51. The van der Waals surface area contributed by atoms with E-state index in [1.54, 1.807) is 11.8 Å². The Morgan fingerprint density at radius 2 is 1.59 bits per heavy atom. The van der Waals surface area contributed by atoms with E-state index in [0.717, 1.165) is 22.6 Å². The average molecular weight is 392 g/mol. The predicted octanol–water partition coefficient (Wildman–Crippen LogP) is 2.47. The number of esters is 1. The highest BCUT2D eigenvalue weighted by atomic mass is 16.5. The summed E-state index contributed by atoms with van der Waals surface area (Å²) in [4.78, 5) is 51.6. The van der Waals surface area contributed by atoms with Crippen LogP contribution in [0.5, 0.6) is 0 Å². The van der Waals surface area contributed by atoms with Crippen molar-refractivity contribution in [3.8, 4) is 0 Å². The molecule has 0 aliphatic carbocycles. The largest absolute Gasteiger partial charge is 0.449 e. The van der Waals surface area contributed by atoms with Crippen molar-refractivity contribution in [3.05, 3.63) is 59.7 Å². The standard InChI is InChI=1S/C22H20N2O5/c1-14(21(27)23-13-12-15-4-2-3-5-18(15)23)29-22(28)16-6-8-17(9-7-16)24-19(25)10-11-20(24)26/h2-9,14H,10-13H2,1H3. The topological polar surface area (TPSA) is 84.0 Å². The van der Waals surface area contributed by atoms with Gasteiger partial charge in [0.15, 0.2) is 6.10 Å². The summed E-state index contributed by atoms with van der Waals surface area (Å²) in [6, 6.07) is 13.7. The average Bonchev–Trinajstić information content (AvgIpc) is 3.30. The Kier molecular flexibility index (Phi) is 4.88. The molecule has 4 rings (SSSR count). The molecular formula is C22H20N2O5. The maximum atomic E-state index is 12.7. The van der Waals surface area contributed by atoms with Gasteiger partial charge in [-0.05, 0) is 49.2 Å². The zero-order valence-corrected chi connectivity index (χ0v) is 16.0. The van der Waals surface area contributed by atoms with E-state index in [2.05, 4.69) is 0 Å². The Bertz CT molecular complexity index is 983. The first-order chi connectivity index (χ1) is 14.0. The van der Waals surface area contributed by atoms with Gasteiger partial charge in [0, 0.05) is 25.1 Å². The van der Waals surface area contributed by atoms with Crippen LogP contribution in [0.15, 0.2) is 48.5 Å². The summed E-state index contributed by atoms with van der Waals surface area (Å²) < 4.78 is 5.36. The molecule has 0 aromatic heterocycles. The lowest BCUT2D eigenvalue weighted by Gasteiger charge is -2.21. The van der Waals surface area contributed by atoms with E-state index in [4.69, 9.17) is 4.74 Å². The molecule has 0 N–H and O–H groups in total. The number of ether oxygens (including phenoxy) is 1. The van der Waals surface area contributed by atoms with Gasteiger partial charge >= 0.3 is 5.97 Å².